The minimum Gasteiger partial charge on any atom is -0.489 e. The van der Waals surface area contributed by atoms with Gasteiger partial charge in [-0.3, -0.25) is 4.79 Å². The van der Waals surface area contributed by atoms with Gasteiger partial charge in [-0.15, -0.1) is 0 Å². The van der Waals surface area contributed by atoms with E-state index < -0.39 is 17.9 Å². The zero-order valence-corrected chi connectivity index (χ0v) is 15.2. The highest BCUT2D eigenvalue weighted by molar-refractivity contribution is 7.80. The molecule has 0 heterocycles. The second-order valence-corrected chi connectivity index (χ2v) is 6.50. The first-order valence-electron chi connectivity index (χ1n) is 8.37. The van der Waals surface area contributed by atoms with Crippen LogP contribution in [0.2, 0.25) is 0 Å². The fourth-order valence-corrected chi connectivity index (χ4v) is 2.84. The zero-order chi connectivity index (χ0) is 18.9. The number of carbonyl (C=O) groups is 2. The van der Waals surface area contributed by atoms with Crippen molar-refractivity contribution in [3.63, 3.8) is 0 Å². The van der Waals surface area contributed by atoms with E-state index in [1.807, 2.05) is 30.3 Å². The van der Waals surface area contributed by atoms with Crippen LogP contribution in [-0.4, -0.2) is 27.9 Å². The van der Waals surface area contributed by atoms with E-state index in [4.69, 9.17) is 4.74 Å². The van der Waals surface area contributed by atoms with Gasteiger partial charge in [-0.1, -0.05) is 30.3 Å². The summed E-state index contributed by atoms with van der Waals surface area (Å²) in [4.78, 5) is 22.8. The van der Waals surface area contributed by atoms with Gasteiger partial charge in [0.25, 0.3) is 0 Å². The van der Waals surface area contributed by atoms with Gasteiger partial charge in [0.15, 0.2) is 0 Å². The van der Waals surface area contributed by atoms with Crippen molar-refractivity contribution in [1.29, 1.82) is 0 Å². The first-order chi connectivity index (χ1) is 12.5. The van der Waals surface area contributed by atoms with Gasteiger partial charge >= 0.3 is 11.9 Å². The maximum absolute atomic E-state index is 11.5. The van der Waals surface area contributed by atoms with Crippen LogP contribution < -0.4 is 4.74 Å². The Bertz CT molecular complexity index is 745. The van der Waals surface area contributed by atoms with Crippen LogP contribution in [0.1, 0.15) is 34.3 Å². The second-order valence-electron chi connectivity index (χ2n) is 6.05. The number of benzene rings is 2. The van der Waals surface area contributed by atoms with Gasteiger partial charge in [0.1, 0.15) is 12.4 Å². The summed E-state index contributed by atoms with van der Waals surface area (Å²) in [5.41, 5.74) is 1.69. The predicted octanol–water partition coefficient (Wildman–Crippen LogP) is 3.92. The van der Waals surface area contributed by atoms with Crippen LogP contribution in [0.15, 0.2) is 48.5 Å². The van der Waals surface area contributed by atoms with Crippen LogP contribution in [0.25, 0.3) is 0 Å². The lowest BCUT2D eigenvalue weighted by molar-refractivity contribution is -0.141. The Morgan fingerprint density at radius 3 is 2.38 bits per heavy atom. The second kappa shape index (κ2) is 9.87. The molecule has 0 bridgehead atoms. The van der Waals surface area contributed by atoms with Crippen LogP contribution >= 0.6 is 12.6 Å². The highest BCUT2D eigenvalue weighted by Crippen LogP contribution is 2.23. The van der Waals surface area contributed by atoms with E-state index in [2.05, 4.69) is 12.6 Å². The number of aromatic carboxylic acids is 1. The lowest BCUT2D eigenvalue weighted by Crippen LogP contribution is -2.17. The molecule has 0 aliphatic carbocycles. The summed E-state index contributed by atoms with van der Waals surface area (Å²) in [6.45, 7) is 0.311. The maximum atomic E-state index is 11.5. The van der Waals surface area contributed by atoms with E-state index in [0.29, 0.717) is 36.5 Å². The van der Waals surface area contributed by atoms with Crippen molar-refractivity contribution in [3.05, 3.63) is 65.2 Å². The number of aliphatic carboxylic acids is 1. The van der Waals surface area contributed by atoms with Gasteiger partial charge in [-0.05, 0) is 54.3 Å². The Balaban J connectivity index is 2.18. The molecule has 0 saturated heterocycles. The third kappa shape index (κ3) is 6.11. The van der Waals surface area contributed by atoms with Crippen LogP contribution in [0.5, 0.6) is 5.75 Å². The van der Waals surface area contributed by atoms with E-state index >= 15 is 0 Å². The molecule has 0 aliphatic rings. The van der Waals surface area contributed by atoms with Crippen molar-refractivity contribution < 1.29 is 24.5 Å². The first-order valence-corrected chi connectivity index (χ1v) is 9.00. The zero-order valence-electron chi connectivity index (χ0n) is 14.3. The van der Waals surface area contributed by atoms with Crippen molar-refractivity contribution in [3.8, 4) is 5.75 Å². The van der Waals surface area contributed by atoms with E-state index in [1.54, 1.807) is 6.07 Å². The Hall–Kier alpha value is -2.47. The molecule has 0 radical (unpaired) electrons. The number of carboxylic acids is 2. The molecule has 0 aliphatic heterocycles. The SMILES string of the molecule is O=C(O)c1cc(CC(CCCS)C(=O)O)cc(OCc2ccccc2)c1. The molecule has 5 nitrogen and oxygen atoms in total. The average molecular weight is 374 g/mol. The van der Waals surface area contributed by atoms with Crippen molar-refractivity contribution in [2.24, 2.45) is 5.92 Å². The molecule has 26 heavy (non-hydrogen) atoms. The number of carboxylic acid groups (broad SMARTS) is 2. The van der Waals surface area contributed by atoms with Gasteiger partial charge in [-0.25, -0.2) is 4.79 Å². The van der Waals surface area contributed by atoms with E-state index in [-0.39, 0.29) is 12.0 Å². The topological polar surface area (TPSA) is 83.8 Å². The summed E-state index contributed by atoms with van der Waals surface area (Å²) in [6.07, 6.45) is 1.44. The lowest BCUT2D eigenvalue weighted by atomic mass is 9.94. The van der Waals surface area contributed by atoms with Crippen LogP contribution in [0.3, 0.4) is 0 Å². The largest absolute Gasteiger partial charge is 0.489 e. The minimum absolute atomic E-state index is 0.0869. The molecule has 6 heteroatoms. The fourth-order valence-electron chi connectivity index (χ4n) is 2.66. The quantitative estimate of drug-likeness (QED) is 0.549. The van der Waals surface area contributed by atoms with E-state index in [0.717, 1.165) is 5.56 Å². The highest BCUT2D eigenvalue weighted by Gasteiger charge is 2.19. The summed E-state index contributed by atoms with van der Waals surface area (Å²) in [6, 6.07) is 14.2. The monoisotopic (exact) mass is 374 g/mol. The molecular formula is C20H22O5S. The molecule has 138 valence electrons. The van der Waals surface area contributed by atoms with Crippen molar-refractivity contribution in [1.82, 2.24) is 0 Å². The smallest absolute Gasteiger partial charge is 0.335 e. The summed E-state index contributed by atoms with van der Waals surface area (Å²) < 4.78 is 5.72. The molecule has 2 rings (SSSR count). The first kappa shape index (κ1) is 19.8. The third-order valence-electron chi connectivity index (χ3n) is 4.00. The molecule has 0 aromatic heterocycles. The van der Waals surface area contributed by atoms with Gasteiger partial charge in [0.05, 0.1) is 11.5 Å². The third-order valence-corrected chi connectivity index (χ3v) is 4.32. The number of rotatable bonds is 10. The van der Waals surface area contributed by atoms with Crippen molar-refractivity contribution in [2.75, 3.05) is 5.75 Å². The summed E-state index contributed by atoms with van der Waals surface area (Å²) in [5, 5.41) is 18.7. The summed E-state index contributed by atoms with van der Waals surface area (Å²) >= 11 is 4.12. The Kier molecular flexibility index (Phi) is 7.53. The van der Waals surface area contributed by atoms with Crippen LogP contribution in [0.4, 0.5) is 0 Å². The Labute approximate surface area is 158 Å². The molecule has 2 aromatic rings. The molecule has 1 unspecified atom stereocenters. The molecule has 1 atom stereocenters. The summed E-state index contributed by atoms with van der Waals surface area (Å²) in [5.74, 6) is -1.50. The van der Waals surface area contributed by atoms with Gasteiger partial charge in [-0.2, -0.15) is 12.6 Å². The standard InChI is InChI=1S/C20H22O5S/c21-19(22)16(7-4-8-26)9-15-10-17(20(23)24)12-18(11-15)25-13-14-5-2-1-3-6-14/h1-3,5-6,10-12,16,26H,4,7-9,13H2,(H,21,22)(H,23,24). The van der Waals surface area contributed by atoms with Crippen LogP contribution in [-0.2, 0) is 17.8 Å². The fraction of sp³-hybridized carbons (Fsp3) is 0.300. The molecule has 0 fully saturated rings. The van der Waals surface area contributed by atoms with Gasteiger partial charge in [0.2, 0.25) is 0 Å². The summed E-state index contributed by atoms with van der Waals surface area (Å²) in [7, 11) is 0. The minimum atomic E-state index is -1.07. The Morgan fingerprint density at radius 1 is 1.04 bits per heavy atom. The molecule has 0 spiro atoms. The number of hydrogen-bond acceptors (Lipinski definition) is 4. The highest BCUT2D eigenvalue weighted by atomic mass is 32.1. The number of thiol groups is 1. The molecular weight excluding hydrogens is 352 g/mol. The number of ether oxygens (including phenoxy) is 1. The van der Waals surface area contributed by atoms with E-state index in [9.17, 15) is 19.8 Å². The Morgan fingerprint density at radius 2 is 1.77 bits per heavy atom. The molecule has 0 amide bonds. The van der Waals surface area contributed by atoms with Crippen molar-refractivity contribution >= 4 is 24.6 Å². The molecule has 0 saturated carbocycles. The average Bonchev–Trinajstić information content (AvgIpc) is 2.64. The molecule has 2 aromatic carbocycles. The van der Waals surface area contributed by atoms with Crippen LogP contribution in [0, 0.1) is 5.92 Å². The normalized spacial score (nSPS) is 11.7. The van der Waals surface area contributed by atoms with Gasteiger partial charge < -0.3 is 14.9 Å². The molecule has 2 N–H and O–H groups in total. The lowest BCUT2D eigenvalue weighted by Gasteiger charge is -2.14. The van der Waals surface area contributed by atoms with Crippen molar-refractivity contribution in [2.45, 2.75) is 25.9 Å². The van der Waals surface area contributed by atoms with Gasteiger partial charge in [0, 0.05) is 0 Å². The predicted molar refractivity (Wildman–Crippen MR) is 102 cm³/mol. The maximum Gasteiger partial charge on any atom is 0.335 e. The number of hydrogen-bond donors (Lipinski definition) is 3. The van der Waals surface area contributed by atoms with E-state index in [1.165, 1.54) is 12.1 Å².